The van der Waals surface area contributed by atoms with Crippen molar-refractivity contribution in [2.75, 3.05) is 5.73 Å². The molecule has 1 aromatic heterocycles. The minimum absolute atomic E-state index is 0.261. The van der Waals surface area contributed by atoms with Gasteiger partial charge in [-0.1, -0.05) is 37.3 Å². The smallest absolute Gasteiger partial charge is 0.338 e. The van der Waals surface area contributed by atoms with E-state index in [9.17, 15) is 4.79 Å². The lowest BCUT2D eigenvalue weighted by atomic mass is 10.0. The third kappa shape index (κ3) is 2.03. The molecule has 0 amide bonds. The molecule has 0 saturated carbocycles. The number of nitrogens with two attached hydrogens (primary N) is 1. The van der Waals surface area contributed by atoms with Crippen LogP contribution >= 0.6 is 11.3 Å². The molecule has 0 radical (unpaired) electrons. The monoisotopic (exact) mass is 247 g/mol. The third-order valence-electron chi connectivity index (χ3n) is 2.64. The molecule has 17 heavy (non-hydrogen) atoms. The van der Waals surface area contributed by atoms with Crippen LogP contribution in [0.3, 0.4) is 0 Å². The van der Waals surface area contributed by atoms with Crippen molar-refractivity contribution in [1.82, 2.24) is 0 Å². The summed E-state index contributed by atoms with van der Waals surface area (Å²) >= 11 is 1.34. The van der Waals surface area contributed by atoms with Crippen molar-refractivity contribution < 1.29 is 9.90 Å². The Morgan fingerprint density at radius 2 is 2.00 bits per heavy atom. The van der Waals surface area contributed by atoms with Crippen molar-refractivity contribution in [1.29, 1.82) is 0 Å². The first kappa shape index (κ1) is 11.7. The summed E-state index contributed by atoms with van der Waals surface area (Å²) in [4.78, 5) is 12.1. The fourth-order valence-electron chi connectivity index (χ4n) is 1.88. The first-order valence-corrected chi connectivity index (χ1v) is 6.16. The van der Waals surface area contributed by atoms with Crippen LogP contribution in [0.25, 0.3) is 10.4 Å². The summed E-state index contributed by atoms with van der Waals surface area (Å²) in [6.45, 7) is 1.94. The average Bonchev–Trinajstić information content (AvgIpc) is 2.67. The van der Waals surface area contributed by atoms with Gasteiger partial charge in [-0.25, -0.2) is 4.79 Å². The molecule has 0 aliphatic carbocycles. The SMILES string of the molecule is CCc1c(-c2ccccc2)sc(N)c1C(=O)O. The summed E-state index contributed by atoms with van der Waals surface area (Å²) < 4.78 is 0. The highest BCUT2D eigenvalue weighted by atomic mass is 32.1. The van der Waals surface area contributed by atoms with Crippen LogP contribution in [0, 0.1) is 0 Å². The second kappa shape index (κ2) is 4.59. The lowest BCUT2D eigenvalue weighted by Crippen LogP contribution is -2.02. The Kier molecular flexibility index (Phi) is 3.15. The van der Waals surface area contributed by atoms with E-state index in [0.29, 0.717) is 11.4 Å². The van der Waals surface area contributed by atoms with E-state index < -0.39 is 5.97 Å². The molecule has 3 N–H and O–H groups in total. The molecule has 2 aromatic rings. The Morgan fingerprint density at radius 1 is 1.35 bits per heavy atom. The molecular formula is C13H13NO2S. The first-order chi connectivity index (χ1) is 8.15. The highest BCUT2D eigenvalue weighted by molar-refractivity contribution is 7.19. The highest BCUT2D eigenvalue weighted by Gasteiger charge is 2.21. The number of benzene rings is 1. The van der Waals surface area contributed by atoms with E-state index in [1.807, 2.05) is 37.3 Å². The number of nitrogen functional groups attached to an aromatic ring is 1. The van der Waals surface area contributed by atoms with Gasteiger partial charge in [0, 0.05) is 4.88 Å². The molecule has 3 nitrogen and oxygen atoms in total. The van der Waals surface area contributed by atoms with Crippen LogP contribution in [0.15, 0.2) is 30.3 Å². The van der Waals surface area contributed by atoms with Crippen LogP contribution in [0.2, 0.25) is 0 Å². The maximum absolute atomic E-state index is 11.2. The standard InChI is InChI=1S/C13H13NO2S/c1-2-9-10(13(15)16)12(14)17-11(9)8-6-4-3-5-7-8/h3-7H,2,14H2,1H3,(H,15,16). The summed E-state index contributed by atoms with van der Waals surface area (Å²) in [5.41, 5.74) is 7.90. The van der Waals surface area contributed by atoms with Crippen molar-refractivity contribution in [2.24, 2.45) is 0 Å². The molecule has 4 heteroatoms. The second-order valence-corrected chi connectivity index (χ2v) is 4.73. The quantitative estimate of drug-likeness (QED) is 0.875. The molecule has 0 aliphatic rings. The van der Waals surface area contributed by atoms with E-state index in [-0.39, 0.29) is 5.56 Å². The molecular weight excluding hydrogens is 234 g/mol. The number of aromatic carboxylic acids is 1. The minimum Gasteiger partial charge on any atom is -0.478 e. The van der Waals surface area contributed by atoms with Crippen molar-refractivity contribution in [3.8, 4) is 10.4 Å². The fraction of sp³-hybridized carbons (Fsp3) is 0.154. The predicted octanol–water partition coefficient (Wildman–Crippen LogP) is 3.26. The largest absolute Gasteiger partial charge is 0.478 e. The third-order valence-corrected chi connectivity index (χ3v) is 3.75. The number of hydrogen-bond donors (Lipinski definition) is 2. The number of carbonyl (C=O) groups is 1. The van der Waals surface area contributed by atoms with Crippen LogP contribution in [-0.2, 0) is 6.42 Å². The Hall–Kier alpha value is -1.81. The predicted molar refractivity (Wildman–Crippen MR) is 70.5 cm³/mol. The van der Waals surface area contributed by atoms with Gasteiger partial charge in [0.2, 0.25) is 0 Å². The molecule has 0 unspecified atom stereocenters. The van der Waals surface area contributed by atoms with E-state index in [1.165, 1.54) is 11.3 Å². The molecule has 1 heterocycles. The van der Waals surface area contributed by atoms with Gasteiger partial charge in [0.05, 0.1) is 5.56 Å². The van der Waals surface area contributed by atoms with Gasteiger partial charge in [-0.15, -0.1) is 11.3 Å². The maximum atomic E-state index is 11.2. The van der Waals surface area contributed by atoms with Crippen LogP contribution in [0.1, 0.15) is 22.8 Å². The van der Waals surface area contributed by atoms with E-state index >= 15 is 0 Å². The number of thiophene rings is 1. The van der Waals surface area contributed by atoms with Crippen LogP contribution in [0.5, 0.6) is 0 Å². The zero-order valence-electron chi connectivity index (χ0n) is 9.43. The van der Waals surface area contributed by atoms with Crippen LogP contribution < -0.4 is 5.73 Å². The lowest BCUT2D eigenvalue weighted by molar-refractivity contribution is 0.0697. The molecule has 2 rings (SSSR count). The van der Waals surface area contributed by atoms with Gasteiger partial charge in [-0.2, -0.15) is 0 Å². The summed E-state index contributed by atoms with van der Waals surface area (Å²) in [7, 11) is 0. The molecule has 0 fully saturated rings. The molecule has 0 spiro atoms. The topological polar surface area (TPSA) is 63.3 Å². The molecule has 0 saturated heterocycles. The lowest BCUT2D eigenvalue weighted by Gasteiger charge is -2.02. The Morgan fingerprint density at radius 3 is 2.53 bits per heavy atom. The Labute approximate surface area is 104 Å². The summed E-state index contributed by atoms with van der Waals surface area (Å²) in [5, 5.41) is 9.55. The Bertz CT molecular complexity index is 546. The first-order valence-electron chi connectivity index (χ1n) is 5.35. The van der Waals surface area contributed by atoms with Crippen molar-refractivity contribution in [3.63, 3.8) is 0 Å². The van der Waals surface area contributed by atoms with Crippen LogP contribution in [-0.4, -0.2) is 11.1 Å². The van der Waals surface area contributed by atoms with Gasteiger partial charge in [-0.3, -0.25) is 0 Å². The average molecular weight is 247 g/mol. The zero-order valence-corrected chi connectivity index (χ0v) is 10.3. The molecule has 1 aromatic carbocycles. The number of anilines is 1. The van der Waals surface area contributed by atoms with Gasteiger partial charge in [0.25, 0.3) is 0 Å². The number of rotatable bonds is 3. The molecule has 88 valence electrons. The zero-order chi connectivity index (χ0) is 12.4. The van der Waals surface area contributed by atoms with E-state index in [1.54, 1.807) is 0 Å². The van der Waals surface area contributed by atoms with Gasteiger partial charge in [0.1, 0.15) is 5.00 Å². The van der Waals surface area contributed by atoms with Gasteiger partial charge >= 0.3 is 5.97 Å². The number of carboxylic acid groups (broad SMARTS) is 1. The number of carboxylic acids is 1. The van der Waals surface area contributed by atoms with E-state index in [4.69, 9.17) is 10.8 Å². The van der Waals surface area contributed by atoms with Crippen molar-refractivity contribution >= 4 is 22.3 Å². The Balaban J connectivity index is 2.64. The maximum Gasteiger partial charge on any atom is 0.338 e. The van der Waals surface area contributed by atoms with Crippen molar-refractivity contribution in [2.45, 2.75) is 13.3 Å². The highest BCUT2D eigenvalue weighted by Crippen LogP contribution is 2.38. The van der Waals surface area contributed by atoms with Crippen LogP contribution in [0.4, 0.5) is 5.00 Å². The summed E-state index contributed by atoms with van der Waals surface area (Å²) in [6.07, 6.45) is 0.666. The molecule has 0 atom stereocenters. The normalized spacial score (nSPS) is 10.4. The van der Waals surface area contributed by atoms with Crippen molar-refractivity contribution in [3.05, 3.63) is 41.5 Å². The fourth-order valence-corrected chi connectivity index (χ4v) is 3.04. The van der Waals surface area contributed by atoms with Gasteiger partial charge in [-0.05, 0) is 17.5 Å². The summed E-state index contributed by atoms with van der Waals surface area (Å²) in [6, 6.07) is 9.74. The van der Waals surface area contributed by atoms with Gasteiger partial charge in [0.15, 0.2) is 0 Å². The van der Waals surface area contributed by atoms with E-state index in [0.717, 1.165) is 16.0 Å². The minimum atomic E-state index is -0.946. The number of hydrogen-bond acceptors (Lipinski definition) is 3. The molecule has 0 bridgehead atoms. The summed E-state index contributed by atoms with van der Waals surface area (Å²) in [5.74, 6) is -0.946. The molecule has 0 aliphatic heterocycles. The second-order valence-electron chi connectivity index (χ2n) is 3.67. The van der Waals surface area contributed by atoms with E-state index in [2.05, 4.69) is 0 Å². The van der Waals surface area contributed by atoms with Gasteiger partial charge < -0.3 is 10.8 Å².